The van der Waals surface area contributed by atoms with E-state index in [2.05, 4.69) is 15.0 Å². The van der Waals surface area contributed by atoms with Gasteiger partial charge in [0.1, 0.15) is 12.5 Å². The van der Waals surface area contributed by atoms with E-state index in [1.165, 1.54) is 6.08 Å². The standard InChI is InChI=1S/C13H14FN3.C2H6/c1-3-11-12(6-7-14)17-13(16-11)10-5-4-9(2)15-8-10;1-2/h3-6,8H,7H2,1-2H3,(H,16,17);1-2H3/b11-3+,12-6+;. The molecule has 0 fully saturated rings. The van der Waals surface area contributed by atoms with Gasteiger partial charge in [-0.1, -0.05) is 19.9 Å². The molecule has 19 heavy (non-hydrogen) atoms. The van der Waals surface area contributed by atoms with Crippen molar-refractivity contribution < 1.29 is 4.39 Å². The van der Waals surface area contributed by atoms with E-state index in [0.29, 0.717) is 11.2 Å². The van der Waals surface area contributed by atoms with Crippen LogP contribution in [0.1, 0.15) is 26.5 Å². The minimum atomic E-state index is -0.505. The molecule has 0 aliphatic heterocycles. The predicted octanol–water partition coefficient (Wildman–Crippen LogP) is 2.36. The van der Waals surface area contributed by atoms with Gasteiger partial charge in [0.15, 0.2) is 0 Å². The SMILES string of the molecule is C/C=c1/nc(-c2ccc(C)nc2)[nH]/c1=C/CF.CC. The monoisotopic (exact) mass is 261 g/mol. The second-order valence-electron chi connectivity index (χ2n) is 3.72. The van der Waals surface area contributed by atoms with Crippen LogP contribution in [0.25, 0.3) is 23.5 Å². The zero-order valence-corrected chi connectivity index (χ0v) is 11.9. The van der Waals surface area contributed by atoms with E-state index in [4.69, 9.17) is 0 Å². The van der Waals surface area contributed by atoms with Crippen LogP contribution in [-0.4, -0.2) is 21.6 Å². The molecule has 3 nitrogen and oxygen atoms in total. The topological polar surface area (TPSA) is 41.6 Å². The Labute approximate surface area is 112 Å². The zero-order valence-electron chi connectivity index (χ0n) is 11.9. The van der Waals surface area contributed by atoms with Gasteiger partial charge in [0.2, 0.25) is 0 Å². The van der Waals surface area contributed by atoms with Gasteiger partial charge in [-0.3, -0.25) is 4.98 Å². The molecule has 2 aromatic rings. The van der Waals surface area contributed by atoms with Gasteiger partial charge in [-0.2, -0.15) is 0 Å². The first-order chi connectivity index (χ1) is 9.24. The van der Waals surface area contributed by atoms with Crippen molar-refractivity contribution in [3.05, 3.63) is 34.7 Å². The average Bonchev–Trinajstić information content (AvgIpc) is 2.85. The fourth-order valence-corrected chi connectivity index (χ4v) is 1.60. The van der Waals surface area contributed by atoms with E-state index in [9.17, 15) is 4.39 Å². The Morgan fingerprint density at radius 1 is 1.32 bits per heavy atom. The summed E-state index contributed by atoms with van der Waals surface area (Å²) >= 11 is 0. The van der Waals surface area contributed by atoms with Gasteiger partial charge < -0.3 is 4.98 Å². The van der Waals surface area contributed by atoms with Gasteiger partial charge in [0, 0.05) is 17.5 Å². The molecule has 102 valence electrons. The average molecular weight is 261 g/mol. The summed E-state index contributed by atoms with van der Waals surface area (Å²) in [5, 5.41) is 1.48. The second kappa shape index (κ2) is 7.46. The third kappa shape index (κ3) is 3.74. The zero-order chi connectivity index (χ0) is 14.3. The number of alkyl halides is 1. The summed E-state index contributed by atoms with van der Waals surface area (Å²) in [5.74, 6) is 0.713. The van der Waals surface area contributed by atoms with Crippen molar-refractivity contribution in [1.29, 1.82) is 0 Å². The van der Waals surface area contributed by atoms with E-state index in [1.807, 2.05) is 45.9 Å². The number of hydrogen-bond donors (Lipinski definition) is 1. The van der Waals surface area contributed by atoms with Crippen molar-refractivity contribution in [2.24, 2.45) is 0 Å². The number of aryl methyl sites for hydroxylation is 1. The van der Waals surface area contributed by atoms with Crippen molar-refractivity contribution in [2.45, 2.75) is 27.7 Å². The lowest BCUT2D eigenvalue weighted by molar-refractivity contribution is 0.578. The number of rotatable bonds is 2. The molecule has 0 radical (unpaired) electrons. The Hall–Kier alpha value is -1.97. The summed E-state index contributed by atoms with van der Waals surface area (Å²) in [4.78, 5) is 11.7. The van der Waals surface area contributed by atoms with E-state index < -0.39 is 6.67 Å². The van der Waals surface area contributed by atoms with Crippen molar-refractivity contribution in [1.82, 2.24) is 15.0 Å². The number of aromatic amines is 1. The summed E-state index contributed by atoms with van der Waals surface area (Å²) in [6.45, 7) is 7.30. The van der Waals surface area contributed by atoms with Crippen molar-refractivity contribution in [3.8, 4) is 11.4 Å². The largest absolute Gasteiger partial charge is 0.338 e. The number of halogens is 1. The van der Waals surface area contributed by atoms with Gasteiger partial charge >= 0.3 is 0 Å². The van der Waals surface area contributed by atoms with Gasteiger partial charge in [-0.25, -0.2) is 9.37 Å². The molecule has 0 bridgehead atoms. The second-order valence-corrected chi connectivity index (χ2v) is 3.72. The molecule has 0 aliphatic rings. The molecule has 0 spiro atoms. The smallest absolute Gasteiger partial charge is 0.140 e. The maximum absolute atomic E-state index is 12.3. The lowest BCUT2D eigenvalue weighted by atomic mass is 10.2. The Morgan fingerprint density at radius 3 is 2.58 bits per heavy atom. The van der Waals surface area contributed by atoms with Gasteiger partial charge in [-0.05, 0) is 32.1 Å². The Morgan fingerprint density at radius 2 is 2.05 bits per heavy atom. The molecule has 0 saturated carbocycles. The Balaban J connectivity index is 0.000000861. The predicted molar refractivity (Wildman–Crippen MR) is 77.7 cm³/mol. The molecule has 2 rings (SSSR count). The normalized spacial score (nSPS) is 12.3. The lowest BCUT2D eigenvalue weighted by Crippen LogP contribution is -2.23. The van der Waals surface area contributed by atoms with Crippen LogP contribution < -0.4 is 10.7 Å². The quantitative estimate of drug-likeness (QED) is 0.901. The first-order valence-electron chi connectivity index (χ1n) is 6.46. The number of aromatic nitrogens is 3. The van der Waals surface area contributed by atoms with E-state index in [-0.39, 0.29) is 0 Å². The first kappa shape index (κ1) is 15.1. The minimum Gasteiger partial charge on any atom is -0.338 e. The van der Waals surface area contributed by atoms with Crippen LogP contribution in [0.2, 0.25) is 0 Å². The highest BCUT2D eigenvalue weighted by Crippen LogP contribution is 2.10. The molecule has 1 N–H and O–H groups in total. The van der Waals surface area contributed by atoms with Crippen molar-refractivity contribution in [2.75, 3.05) is 6.67 Å². The molecular weight excluding hydrogens is 241 g/mol. The summed E-state index contributed by atoms with van der Waals surface area (Å²) in [7, 11) is 0. The number of H-pyrrole nitrogens is 1. The fourth-order valence-electron chi connectivity index (χ4n) is 1.60. The van der Waals surface area contributed by atoms with Crippen LogP contribution in [0, 0.1) is 6.92 Å². The summed E-state index contributed by atoms with van der Waals surface area (Å²) in [6, 6.07) is 3.87. The highest BCUT2D eigenvalue weighted by atomic mass is 19.1. The maximum atomic E-state index is 12.3. The summed E-state index contributed by atoms with van der Waals surface area (Å²) in [5.41, 5.74) is 1.86. The third-order valence-electron chi connectivity index (χ3n) is 2.50. The van der Waals surface area contributed by atoms with Gasteiger partial charge in [0.05, 0.1) is 10.7 Å². The highest BCUT2D eigenvalue weighted by Gasteiger charge is 2.02. The van der Waals surface area contributed by atoms with Crippen LogP contribution in [0.4, 0.5) is 4.39 Å². The number of hydrogen-bond acceptors (Lipinski definition) is 2. The molecule has 0 unspecified atom stereocenters. The number of pyridine rings is 1. The third-order valence-corrected chi connectivity index (χ3v) is 2.50. The molecule has 0 aliphatic carbocycles. The number of imidazole rings is 1. The van der Waals surface area contributed by atoms with Crippen LogP contribution in [0.5, 0.6) is 0 Å². The van der Waals surface area contributed by atoms with Gasteiger partial charge in [0.25, 0.3) is 0 Å². The molecule has 2 heterocycles. The minimum absolute atomic E-state index is 0.505. The molecule has 2 aromatic heterocycles. The van der Waals surface area contributed by atoms with Crippen molar-refractivity contribution in [3.63, 3.8) is 0 Å². The van der Waals surface area contributed by atoms with Gasteiger partial charge in [-0.15, -0.1) is 0 Å². The molecule has 0 atom stereocenters. The van der Waals surface area contributed by atoms with Crippen LogP contribution >= 0.6 is 0 Å². The van der Waals surface area contributed by atoms with E-state index in [0.717, 1.165) is 16.6 Å². The number of nitrogens with zero attached hydrogens (tertiary/aromatic N) is 2. The van der Waals surface area contributed by atoms with E-state index >= 15 is 0 Å². The molecule has 4 heteroatoms. The summed E-state index contributed by atoms with van der Waals surface area (Å²) < 4.78 is 12.3. The van der Waals surface area contributed by atoms with Crippen LogP contribution in [0.3, 0.4) is 0 Å². The fraction of sp³-hybridized carbons (Fsp3) is 0.333. The van der Waals surface area contributed by atoms with Crippen LogP contribution in [-0.2, 0) is 0 Å². The number of nitrogens with one attached hydrogen (secondary N) is 1. The first-order valence-corrected chi connectivity index (χ1v) is 6.46. The van der Waals surface area contributed by atoms with Crippen LogP contribution in [0.15, 0.2) is 18.3 Å². The maximum Gasteiger partial charge on any atom is 0.140 e. The van der Waals surface area contributed by atoms with Crippen molar-refractivity contribution >= 4 is 12.2 Å². The highest BCUT2D eigenvalue weighted by molar-refractivity contribution is 5.54. The molecular formula is C15H20FN3. The Bertz CT molecular complexity index is 612. The molecule has 0 aromatic carbocycles. The molecule has 0 saturated heterocycles. The lowest BCUT2D eigenvalue weighted by Gasteiger charge is -1.95. The Kier molecular flexibility index (Phi) is 5.93. The van der Waals surface area contributed by atoms with E-state index in [1.54, 1.807) is 6.20 Å². The summed E-state index contributed by atoms with van der Waals surface area (Å²) in [6.07, 6.45) is 5.09. The molecule has 0 amide bonds.